The molecule has 0 saturated carbocycles. The largest absolute Gasteiger partial charge is 0.389 e. The van der Waals surface area contributed by atoms with E-state index in [0.29, 0.717) is 17.3 Å². The maximum Gasteiger partial charge on any atom is 0.224 e. The highest BCUT2D eigenvalue weighted by Gasteiger charge is 2.17. The van der Waals surface area contributed by atoms with E-state index < -0.39 is 0 Å². The minimum Gasteiger partial charge on any atom is -0.389 e. The average molecular weight is 373 g/mol. The summed E-state index contributed by atoms with van der Waals surface area (Å²) >= 11 is 10.3. The number of thiocarbonyl (C=S) groups is 1. The number of hydrogen-bond donors (Lipinski definition) is 2. The minimum atomic E-state index is 0.0747. The molecule has 1 fully saturated rings. The van der Waals surface area contributed by atoms with E-state index in [1.165, 1.54) is 11.5 Å². The summed E-state index contributed by atoms with van der Waals surface area (Å²) in [6, 6.07) is 5.47. The first-order valence-corrected chi connectivity index (χ1v) is 8.89. The van der Waals surface area contributed by atoms with Gasteiger partial charge in [0.25, 0.3) is 0 Å². The number of amides is 1. The van der Waals surface area contributed by atoms with Crippen molar-refractivity contribution in [2.24, 2.45) is 11.7 Å². The van der Waals surface area contributed by atoms with Crippen molar-refractivity contribution in [1.29, 1.82) is 0 Å². The van der Waals surface area contributed by atoms with E-state index in [-0.39, 0.29) is 5.91 Å². The van der Waals surface area contributed by atoms with Crippen LogP contribution in [0.1, 0.15) is 24.8 Å². The Labute approximate surface area is 137 Å². The summed E-state index contributed by atoms with van der Waals surface area (Å²) in [5, 5.41) is 2.95. The SMILES string of the molecule is NC(=S)c1ccc(NC(=O)CC2CCSCC2)c(Br)c1. The fraction of sp³-hybridized carbons (Fsp3) is 0.429. The van der Waals surface area contributed by atoms with Crippen LogP contribution in [0.5, 0.6) is 0 Å². The lowest BCUT2D eigenvalue weighted by Crippen LogP contribution is -2.20. The molecule has 1 heterocycles. The van der Waals surface area contributed by atoms with Crippen LogP contribution in [0.3, 0.4) is 0 Å². The van der Waals surface area contributed by atoms with Crippen molar-refractivity contribution in [3.63, 3.8) is 0 Å². The topological polar surface area (TPSA) is 55.1 Å². The number of anilines is 1. The summed E-state index contributed by atoms with van der Waals surface area (Å²) in [7, 11) is 0. The highest BCUT2D eigenvalue weighted by atomic mass is 79.9. The lowest BCUT2D eigenvalue weighted by atomic mass is 9.98. The summed E-state index contributed by atoms with van der Waals surface area (Å²) in [4.78, 5) is 12.4. The van der Waals surface area contributed by atoms with Gasteiger partial charge >= 0.3 is 0 Å². The van der Waals surface area contributed by atoms with Gasteiger partial charge in [-0.1, -0.05) is 12.2 Å². The third-order valence-electron chi connectivity index (χ3n) is 3.34. The van der Waals surface area contributed by atoms with Crippen LogP contribution in [0.15, 0.2) is 22.7 Å². The van der Waals surface area contributed by atoms with Gasteiger partial charge < -0.3 is 11.1 Å². The number of benzene rings is 1. The highest BCUT2D eigenvalue weighted by Crippen LogP contribution is 2.27. The van der Waals surface area contributed by atoms with E-state index in [9.17, 15) is 4.79 Å². The number of nitrogens with one attached hydrogen (secondary N) is 1. The fourth-order valence-corrected chi connectivity index (χ4v) is 3.99. The number of carbonyl (C=O) groups excluding carboxylic acids is 1. The molecule has 0 radical (unpaired) electrons. The van der Waals surface area contributed by atoms with Crippen molar-refractivity contribution >= 4 is 56.5 Å². The summed E-state index contributed by atoms with van der Waals surface area (Å²) < 4.78 is 0.801. The first-order valence-electron chi connectivity index (χ1n) is 6.53. The zero-order chi connectivity index (χ0) is 14.5. The Morgan fingerprint density at radius 2 is 2.15 bits per heavy atom. The molecule has 0 aliphatic carbocycles. The van der Waals surface area contributed by atoms with Crippen molar-refractivity contribution in [3.8, 4) is 0 Å². The molecular formula is C14H17BrN2OS2. The van der Waals surface area contributed by atoms with Gasteiger partial charge in [-0.3, -0.25) is 4.79 Å². The third kappa shape index (κ3) is 4.46. The van der Waals surface area contributed by atoms with Crippen molar-refractivity contribution in [3.05, 3.63) is 28.2 Å². The smallest absolute Gasteiger partial charge is 0.224 e. The molecule has 1 aliphatic heterocycles. The van der Waals surface area contributed by atoms with Gasteiger partial charge in [0.05, 0.1) is 5.69 Å². The Balaban J connectivity index is 1.95. The number of rotatable bonds is 4. The zero-order valence-electron chi connectivity index (χ0n) is 11.0. The van der Waals surface area contributed by atoms with E-state index >= 15 is 0 Å². The number of halogens is 1. The van der Waals surface area contributed by atoms with Crippen molar-refractivity contribution < 1.29 is 4.79 Å². The first-order chi connectivity index (χ1) is 9.56. The molecule has 108 valence electrons. The summed E-state index contributed by atoms with van der Waals surface area (Å²) in [6.07, 6.45) is 2.88. The molecule has 0 aromatic heterocycles. The molecule has 20 heavy (non-hydrogen) atoms. The van der Waals surface area contributed by atoms with Crippen LogP contribution in [0.4, 0.5) is 5.69 Å². The lowest BCUT2D eigenvalue weighted by Gasteiger charge is -2.20. The third-order valence-corrected chi connectivity index (χ3v) is 5.28. The molecule has 1 saturated heterocycles. The van der Waals surface area contributed by atoms with Crippen LogP contribution in [0.25, 0.3) is 0 Å². The molecule has 0 atom stereocenters. The van der Waals surface area contributed by atoms with Gasteiger partial charge in [0.15, 0.2) is 0 Å². The van der Waals surface area contributed by atoms with Gasteiger partial charge in [0.1, 0.15) is 4.99 Å². The summed E-state index contributed by atoms with van der Waals surface area (Å²) in [5.41, 5.74) is 7.13. The molecule has 0 bridgehead atoms. The van der Waals surface area contributed by atoms with E-state index in [4.69, 9.17) is 18.0 Å². The Hall–Kier alpha value is -0.590. The van der Waals surface area contributed by atoms with Crippen LogP contribution in [-0.4, -0.2) is 22.4 Å². The Bertz CT molecular complexity index is 516. The lowest BCUT2D eigenvalue weighted by molar-refractivity contribution is -0.117. The van der Waals surface area contributed by atoms with Crippen molar-refractivity contribution in [2.45, 2.75) is 19.3 Å². The zero-order valence-corrected chi connectivity index (χ0v) is 14.2. The van der Waals surface area contributed by atoms with Gasteiger partial charge in [-0.05, 0) is 64.4 Å². The van der Waals surface area contributed by atoms with Crippen LogP contribution in [-0.2, 0) is 4.79 Å². The minimum absolute atomic E-state index is 0.0747. The maximum atomic E-state index is 12.1. The second-order valence-corrected chi connectivity index (χ2v) is 7.39. The number of carbonyl (C=O) groups is 1. The molecule has 1 amide bonds. The Morgan fingerprint density at radius 3 is 2.75 bits per heavy atom. The molecule has 1 aromatic rings. The Morgan fingerprint density at radius 1 is 1.45 bits per heavy atom. The molecule has 1 aromatic carbocycles. The monoisotopic (exact) mass is 372 g/mol. The summed E-state index contributed by atoms with van der Waals surface area (Å²) in [5.74, 6) is 2.94. The van der Waals surface area contributed by atoms with E-state index in [0.717, 1.165) is 28.6 Å². The van der Waals surface area contributed by atoms with Gasteiger partial charge in [0.2, 0.25) is 5.91 Å². The van der Waals surface area contributed by atoms with Crippen LogP contribution < -0.4 is 11.1 Å². The van der Waals surface area contributed by atoms with Gasteiger partial charge in [-0.2, -0.15) is 11.8 Å². The summed E-state index contributed by atoms with van der Waals surface area (Å²) in [6.45, 7) is 0. The predicted octanol–water partition coefficient (Wildman–Crippen LogP) is 3.56. The van der Waals surface area contributed by atoms with Gasteiger partial charge in [0, 0.05) is 16.5 Å². The molecular weight excluding hydrogens is 356 g/mol. The maximum absolute atomic E-state index is 12.1. The van der Waals surface area contributed by atoms with Crippen LogP contribution >= 0.6 is 39.9 Å². The number of thioether (sulfide) groups is 1. The van der Waals surface area contributed by atoms with Crippen LogP contribution in [0.2, 0.25) is 0 Å². The highest BCUT2D eigenvalue weighted by molar-refractivity contribution is 9.10. The molecule has 0 unspecified atom stereocenters. The molecule has 3 nitrogen and oxygen atoms in total. The average Bonchev–Trinajstić information content (AvgIpc) is 2.42. The standard InChI is InChI=1S/C14H17BrN2OS2/c15-11-8-10(14(16)19)1-2-12(11)17-13(18)7-9-3-5-20-6-4-9/h1-2,8-9H,3-7H2,(H2,16,19)(H,17,18). The van der Waals surface area contributed by atoms with Crippen LogP contribution in [0, 0.1) is 5.92 Å². The van der Waals surface area contributed by atoms with E-state index in [1.807, 2.05) is 30.0 Å². The second-order valence-electron chi connectivity index (χ2n) is 4.87. The molecule has 0 spiro atoms. The number of hydrogen-bond acceptors (Lipinski definition) is 3. The quantitative estimate of drug-likeness (QED) is 0.793. The predicted molar refractivity (Wildman–Crippen MR) is 93.3 cm³/mol. The van der Waals surface area contributed by atoms with Crippen molar-refractivity contribution in [2.75, 3.05) is 16.8 Å². The molecule has 2 rings (SSSR count). The number of nitrogens with two attached hydrogens (primary N) is 1. The first kappa shape index (κ1) is 15.8. The second kappa shape index (κ2) is 7.43. The Kier molecular flexibility index (Phi) is 5.86. The van der Waals surface area contributed by atoms with Crippen molar-refractivity contribution in [1.82, 2.24) is 0 Å². The van der Waals surface area contributed by atoms with Gasteiger partial charge in [-0.25, -0.2) is 0 Å². The van der Waals surface area contributed by atoms with E-state index in [2.05, 4.69) is 21.2 Å². The normalized spacial score (nSPS) is 15.8. The fourth-order valence-electron chi connectivity index (χ4n) is 2.18. The molecule has 6 heteroatoms. The van der Waals surface area contributed by atoms with Gasteiger partial charge in [-0.15, -0.1) is 0 Å². The molecule has 3 N–H and O–H groups in total. The molecule has 1 aliphatic rings. The van der Waals surface area contributed by atoms with E-state index in [1.54, 1.807) is 0 Å².